The van der Waals surface area contributed by atoms with E-state index in [-0.39, 0.29) is 6.10 Å². The molecule has 3 nitrogen and oxygen atoms in total. The maximum absolute atomic E-state index is 9.47. The number of nitrogens with zero attached hydrogens (tertiary/aromatic N) is 2. The summed E-state index contributed by atoms with van der Waals surface area (Å²) < 4.78 is 0. The third-order valence-electron chi connectivity index (χ3n) is 3.30. The molecule has 0 spiro atoms. The second kappa shape index (κ2) is 6.69. The van der Waals surface area contributed by atoms with E-state index in [2.05, 4.69) is 23.8 Å². The van der Waals surface area contributed by atoms with Crippen molar-refractivity contribution in [2.24, 2.45) is 0 Å². The molecule has 90 valence electrons. The van der Waals surface area contributed by atoms with Gasteiger partial charge in [0.05, 0.1) is 6.10 Å². The third-order valence-corrected chi connectivity index (χ3v) is 3.66. The molecule has 0 saturated carbocycles. The summed E-state index contributed by atoms with van der Waals surface area (Å²) in [7, 11) is 2.09. The molecule has 4 heteroatoms. The molecule has 0 bridgehead atoms. The van der Waals surface area contributed by atoms with Gasteiger partial charge in [0.25, 0.3) is 0 Å². The SMILES string of the molecule is CCN1CCC(N(C)CC(O)CCl)CC1. The van der Waals surface area contributed by atoms with Crippen LogP contribution in [0.3, 0.4) is 0 Å². The number of likely N-dealkylation sites (N-methyl/N-ethyl adjacent to an activating group) is 1. The second-order valence-corrected chi connectivity index (χ2v) is 4.72. The van der Waals surface area contributed by atoms with E-state index in [4.69, 9.17) is 11.6 Å². The summed E-state index contributed by atoms with van der Waals surface area (Å²) in [6.07, 6.45) is 2.03. The Kier molecular flexibility index (Phi) is 5.90. The fourth-order valence-corrected chi connectivity index (χ4v) is 2.30. The number of aliphatic hydroxyl groups is 1. The first-order valence-corrected chi connectivity index (χ1v) is 6.37. The highest BCUT2D eigenvalue weighted by Crippen LogP contribution is 2.15. The molecular weight excluding hydrogens is 212 g/mol. The Morgan fingerprint density at radius 2 is 2.07 bits per heavy atom. The predicted molar refractivity (Wildman–Crippen MR) is 64.5 cm³/mol. The average molecular weight is 235 g/mol. The Balaban J connectivity index is 2.26. The first-order valence-electron chi connectivity index (χ1n) is 5.84. The number of likely N-dealkylation sites (tertiary alicyclic amines) is 1. The Morgan fingerprint density at radius 3 is 2.53 bits per heavy atom. The summed E-state index contributed by atoms with van der Waals surface area (Å²) in [5.41, 5.74) is 0. The Bertz CT molecular complexity index is 172. The molecule has 0 aromatic carbocycles. The van der Waals surface area contributed by atoms with Gasteiger partial charge in [0.15, 0.2) is 0 Å². The van der Waals surface area contributed by atoms with Crippen LogP contribution in [0.25, 0.3) is 0 Å². The molecule has 1 unspecified atom stereocenters. The maximum atomic E-state index is 9.47. The molecule has 1 rings (SSSR count). The normalized spacial score (nSPS) is 22.2. The van der Waals surface area contributed by atoms with E-state index in [1.54, 1.807) is 0 Å². The van der Waals surface area contributed by atoms with Gasteiger partial charge in [0, 0.05) is 18.5 Å². The third kappa shape index (κ3) is 4.27. The van der Waals surface area contributed by atoms with Gasteiger partial charge < -0.3 is 14.9 Å². The van der Waals surface area contributed by atoms with Crippen LogP contribution in [0.1, 0.15) is 19.8 Å². The standard InChI is InChI=1S/C11H23ClN2O/c1-3-14-6-4-10(5-7-14)13(2)9-11(15)8-12/h10-11,15H,3-9H2,1-2H3. The molecule has 1 heterocycles. The van der Waals surface area contributed by atoms with Crippen molar-refractivity contribution in [3.63, 3.8) is 0 Å². The van der Waals surface area contributed by atoms with Crippen molar-refractivity contribution in [3.05, 3.63) is 0 Å². The van der Waals surface area contributed by atoms with E-state index >= 15 is 0 Å². The van der Waals surface area contributed by atoms with Gasteiger partial charge in [-0.15, -0.1) is 11.6 Å². The van der Waals surface area contributed by atoms with Gasteiger partial charge in [-0.2, -0.15) is 0 Å². The number of halogens is 1. The van der Waals surface area contributed by atoms with Crippen LogP contribution in [0, 0.1) is 0 Å². The van der Waals surface area contributed by atoms with Gasteiger partial charge in [-0.25, -0.2) is 0 Å². The maximum Gasteiger partial charge on any atom is 0.0802 e. The summed E-state index contributed by atoms with van der Waals surface area (Å²) in [5, 5.41) is 9.47. The van der Waals surface area contributed by atoms with Gasteiger partial charge in [0.2, 0.25) is 0 Å². The molecule has 0 aromatic rings. The number of hydrogen-bond acceptors (Lipinski definition) is 3. The second-order valence-electron chi connectivity index (χ2n) is 4.41. The van der Waals surface area contributed by atoms with Crippen molar-refractivity contribution in [2.75, 3.05) is 39.1 Å². The monoisotopic (exact) mass is 234 g/mol. The predicted octanol–water partition coefficient (Wildman–Crippen LogP) is 1.00. The number of rotatable bonds is 5. The molecule has 1 N–H and O–H groups in total. The molecular formula is C11H23ClN2O. The molecule has 1 aliphatic heterocycles. The van der Waals surface area contributed by atoms with E-state index < -0.39 is 0 Å². The van der Waals surface area contributed by atoms with Crippen molar-refractivity contribution in [1.29, 1.82) is 0 Å². The molecule has 1 atom stereocenters. The number of alkyl halides is 1. The molecule has 0 radical (unpaired) electrons. The molecule has 1 saturated heterocycles. The highest BCUT2D eigenvalue weighted by Gasteiger charge is 2.22. The summed E-state index contributed by atoms with van der Waals surface area (Å²) >= 11 is 5.60. The van der Waals surface area contributed by atoms with Crippen LogP contribution >= 0.6 is 11.6 Å². The number of aliphatic hydroxyl groups excluding tert-OH is 1. The highest BCUT2D eigenvalue weighted by atomic mass is 35.5. The van der Waals surface area contributed by atoms with Crippen molar-refractivity contribution in [3.8, 4) is 0 Å². The zero-order valence-corrected chi connectivity index (χ0v) is 10.6. The van der Waals surface area contributed by atoms with Crippen molar-refractivity contribution in [2.45, 2.75) is 31.9 Å². The van der Waals surface area contributed by atoms with Crippen LogP contribution in [0.5, 0.6) is 0 Å². The summed E-state index contributed by atoms with van der Waals surface area (Å²) in [5.74, 6) is 0.331. The van der Waals surface area contributed by atoms with Crippen molar-refractivity contribution in [1.82, 2.24) is 9.80 Å². The molecule has 1 aliphatic rings. The Labute approximate surface area is 98.0 Å². The van der Waals surface area contributed by atoms with Crippen LogP contribution in [0.2, 0.25) is 0 Å². The smallest absolute Gasteiger partial charge is 0.0802 e. The molecule has 15 heavy (non-hydrogen) atoms. The molecule has 0 aliphatic carbocycles. The van der Waals surface area contributed by atoms with E-state index in [9.17, 15) is 5.11 Å². The first-order chi connectivity index (χ1) is 7.17. The van der Waals surface area contributed by atoms with Crippen LogP contribution in [0.4, 0.5) is 0 Å². The van der Waals surface area contributed by atoms with Crippen molar-refractivity contribution < 1.29 is 5.11 Å². The van der Waals surface area contributed by atoms with Gasteiger partial charge in [0.1, 0.15) is 0 Å². The van der Waals surface area contributed by atoms with Gasteiger partial charge >= 0.3 is 0 Å². The van der Waals surface area contributed by atoms with Crippen molar-refractivity contribution >= 4 is 11.6 Å². The van der Waals surface area contributed by atoms with E-state index in [0.29, 0.717) is 18.5 Å². The van der Waals surface area contributed by atoms with E-state index in [0.717, 1.165) is 6.54 Å². The van der Waals surface area contributed by atoms with Crippen LogP contribution in [-0.2, 0) is 0 Å². The highest BCUT2D eigenvalue weighted by molar-refractivity contribution is 6.18. The van der Waals surface area contributed by atoms with Gasteiger partial charge in [-0.3, -0.25) is 0 Å². The lowest BCUT2D eigenvalue weighted by atomic mass is 10.0. The minimum absolute atomic E-state index is 0.331. The molecule has 0 aromatic heterocycles. The lowest BCUT2D eigenvalue weighted by Crippen LogP contribution is -2.45. The van der Waals surface area contributed by atoms with E-state index in [1.165, 1.54) is 25.9 Å². The summed E-state index contributed by atoms with van der Waals surface area (Å²) in [4.78, 5) is 4.72. The minimum Gasteiger partial charge on any atom is -0.391 e. The zero-order chi connectivity index (χ0) is 11.3. The minimum atomic E-state index is -0.388. The van der Waals surface area contributed by atoms with Gasteiger partial charge in [-0.1, -0.05) is 6.92 Å². The van der Waals surface area contributed by atoms with Crippen LogP contribution in [-0.4, -0.2) is 66.2 Å². The Morgan fingerprint density at radius 1 is 1.47 bits per heavy atom. The first kappa shape index (κ1) is 13.2. The van der Waals surface area contributed by atoms with Crippen LogP contribution in [0.15, 0.2) is 0 Å². The zero-order valence-electron chi connectivity index (χ0n) is 9.82. The lowest BCUT2D eigenvalue weighted by molar-refractivity contribution is 0.0844. The molecule has 0 amide bonds. The largest absolute Gasteiger partial charge is 0.391 e. The summed E-state index contributed by atoms with van der Waals surface area (Å²) in [6, 6.07) is 0.616. The quantitative estimate of drug-likeness (QED) is 0.720. The number of hydrogen-bond donors (Lipinski definition) is 1. The van der Waals surface area contributed by atoms with E-state index in [1.807, 2.05) is 0 Å². The van der Waals surface area contributed by atoms with Crippen LogP contribution < -0.4 is 0 Å². The van der Waals surface area contributed by atoms with Gasteiger partial charge in [-0.05, 0) is 39.5 Å². The molecule has 1 fully saturated rings. The topological polar surface area (TPSA) is 26.7 Å². The number of piperidine rings is 1. The fraction of sp³-hybridized carbons (Fsp3) is 1.00. The fourth-order valence-electron chi connectivity index (χ4n) is 2.21. The summed E-state index contributed by atoms with van der Waals surface area (Å²) in [6.45, 7) is 6.42. The Hall–Kier alpha value is 0.170. The lowest BCUT2D eigenvalue weighted by Gasteiger charge is -2.36. The average Bonchev–Trinajstić information content (AvgIpc) is 2.29.